The van der Waals surface area contributed by atoms with Gasteiger partial charge in [0.1, 0.15) is 0 Å². The molecule has 0 bridgehead atoms. The van der Waals surface area contributed by atoms with Gasteiger partial charge in [0, 0.05) is 31.4 Å². The average molecular weight is 289 g/mol. The minimum atomic E-state index is -0.134. The van der Waals surface area contributed by atoms with Crippen molar-refractivity contribution < 1.29 is 9.59 Å². The molecule has 1 aliphatic heterocycles. The molecule has 21 heavy (non-hydrogen) atoms. The first kappa shape index (κ1) is 15.5. The van der Waals surface area contributed by atoms with E-state index in [2.05, 4.69) is 17.3 Å². The van der Waals surface area contributed by atoms with Gasteiger partial charge in [-0.3, -0.25) is 4.79 Å². The van der Waals surface area contributed by atoms with Gasteiger partial charge in [0.15, 0.2) is 5.78 Å². The highest BCUT2D eigenvalue weighted by atomic mass is 16.2. The summed E-state index contributed by atoms with van der Waals surface area (Å²) in [6.07, 6.45) is 1.13. The van der Waals surface area contributed by atoms with Crippen LogP contribution in [0.5, 0.6) is 0 Å². The molecule has 2 rings (SSSR count). The summed E-state index contributed by atoms with van der Waals surface area (Å²) in [6.45, 7) is 4.41. The third-order valence-electron chi connectivity index (χ3n) is 3.89. The second-order valence-electron chi connectivity index (χ2n) is 5.86. The summed E-state index contributed by atoms with van der Waals surface area (Å²) >= 11 is 0. The van der Waals surface area contributed by atoms with Gasteiger partial charge in [0.25, 0.3) is 0 Å². The van der Waals surface area contributed by atoms with E-state index in [4.69, 9.17) is 0 Å². The number of Topliss-reactive ketones (excluding diaryl/α,β-unsaturated/α-hetero) is 1. The summed E-state index contributed by atoms with van der Waals surface area (Å²) in [5.41, 5.74) is 1.26. The average Bonchev–Trinajstić information content (AvgIpc) is 2.84. The molecule has 0 aliphatic carbocycles. The molecule has 1 heterocycles. The maximum Gasteiger partial charge on any atom is 0.321 e. The summed E-state index contributed by atoms with van der Waals surface area (Å²) in [6, 6.07) is 6.89. The van der Waals surface area contributed by atoms with Crippen LogP contribution in [0.25, 0.3) is 0 Å². The fourth-order valence-electron chi connectivity index (χ4n) is 2.68. The van der Waals surface area contributed by atoms with Gasteiger partial charge in [-0.05, 0) is 45.0 Å². The zero-order valence-corrected chi connectivity index (χ0v) is 12.9. The van der Waals surface area contributed by atoms with Gasteiger partial charge in [-0.2, -0.15) is 0 Å². The SMILES string of the molecule is CC(=O)c1cccc(NC(=O)N(C)CC2CCN(C)C2)c1. The highest BCUT2D eigenvalue weighted by Gasteiger charge is 2.22. The zero-order chi connectivity index (χ0) is 15.4. The van der Waals surface area contributed by atoms with Gasteiger partial charge in [-0.1, -0.05) is 12.1 Å². The Kier molecular flexibility index (Phi) is 4.96. The highest BCUT2D eigenvalue weighted by Crippen LogP contribution is 2.16. The van der Waals surface area contributed by atoms with Crippen LogP contribution >= 0.6 is 0 Å². The van der Waals surface area contributed by atoms with E-state index in [0.29, 0.717) is 17.2 Å². The minimum absolute atomic E-state index is 0.00607. The molecule has 0 spiro atoms. The predicted octanol–water partition coefficient (Wildman–Crippen LogP) is 2.30. The smallest absolute Gasteiger partial charge is 0.321 e. The van der Waals surface area contributed by atoms with Crippen molar-refractivity contribution in [2.75, 3.05) is 39.0 Å². The van der Waals surface area contributed by atoms with Gasteiger partial charge >= 0.3 is 6.03 Å². The number of carbonyl (C=O) groups excluding carboxylic acids is 2. The quantitative estimate of drug-likeness (QED) is 0.865. The van der Waals surface area contributed by atoms with Gasteiger partial charge in [0.2, 0.25) is 0 Å². The Bertz CT molecular complexity index is 530. The van der Waals surface area contributed by atoms with Gasteiger partial charge < -0.3 is 15.1 Å². The normalized spacial score (nSPS) is 18.5. The molecule has 1 aromatic rings. The fraction of sp³-hybridized carbons (Fsp3) is 0.500. The number of urea groups is 1. The Hall–Kier alpha value is -1.88. The number of likely N-dealkylation sites (tertiary alicyclic amines) is 1. The van der Waals surface area contributed by atoms with Crippen molar-refractivity contribution in [3.8, 4) is 0 Å². The summed E-state index contributed by atoms with van der Waals surface area (Å²) in [5.74, 6) is 0.530. The maximum atomic E-state index is 12.2. The van der Waals surface area contributed by atoms with Crippen LogP contribution in [0, 0.1) is 5.92 Å². The minimum Gasteiger partial charge on any atom is -0.327 e. The number of benzene rings is 1. The molecule has 1 atom stereocenters. The van der Waals surface area contributed by atoms with Crippen LogP contribution in [0.4, 0.5) is 10.5 Å². The van der Waals surface area contributed by atoms with Crippen LogP contribution in [-0.2, 0) is 0 Å². The van der Waals surface area contributed by atoms with E-state index in [1.807, 2.05) is 7.05 Å². The number of anilines is 1. The first-order chi connectivity index (χ1) is 9.95. The van der Waals surface area contributed by atoms with Crippen molar-refractivity contribution in [3.63, 3.8) is 0 Å². The lowest BCUT2D eigenvalue weighted by Crippen LogP contribution is -2.36. The molecular weight excluding hydrogens is 266 g/mol. The Balaban J connectivity index is 1.91. The van der Waals surface area contributed by atoms with E-state index >= 15 is 0 Å². The highest BCUT2D eigenvalue weighted by molar-refractivity contribution is 5.96. The molecule has 1 unspecified atom stereocenters. The third-order valence-corrected chi connectivity index (χ3v) is 3.89. The standard InChI is InChI=1S/C16H23N3O2/c1-12(20)14-5-4-6-15(9-14)17-16(21)19(3)11-13-7-8-18(2)10-13/h4-6,9,13H,7-8,10-11H2,1-3H3,(H,17,21). The maximum absolute atomic E-state index is 12.2. The topological polar surface area (TPSA) is 52.7 Å². The second kappa shape index (κ2) is 6.72. The molecular formula is C16H23N3O2. The number of hydrogen-bond donors (Lipinski definition) is 1. The number of ketones is 1. The van der Waals surface area contributed by atoms with Crippen LogP contribution in [0.3, 0.4) is 0 Å². The molecule has 0 radical (unpaired) electrons. The summed E-state index contributed by atoms with van der Waals surface area (Å²) in [4.78, 5) is 27.5. The second-order valence-corrected chi connectivity index (χ2v) is 5.86. The van der Waals surface area contributed by atoms with Crippen molar-refractivity contribution in [1.29, 1.82) is 0 Å². The number of carbonyl (C=O) groups is 2. The Labute approximate surface area is 125 Å². The van der Waals surface area contributed by atoms with Crippen LogP contribution in [0.1, 0.15) is 23.7 Å². The van der Waals surface area contributed by atoms with Crippen LogP contribution in [-0.4, -0.2) is 55.3 Å². The van der Waals surface area contributed by atoms with E-state index in [9.17, 15) is 9.59 Å². The fourth-order valence-corrected chi connectivity index (χ4v) is 2.68. The van der Waals surface area contributed by atoms with Gasteiger partial charge in [-0.15, -0.1) is 0 Å². The van der Waals surface area contributed by atoms with Crippen molar-refractivity contribution in [2.45, 2.75) is 13.3 Å². The lowest BCUT2D eigenvalue weighted by atomic mass is 10.1. The van der Waals surface area contributed by atoms with E-state index < -0.39 is 0 Å². The first-order valence-corrected chi connectivity index (χ1v) is 7.27. The summed E-state index contributed by atoms with van der Waals surface area (Å²) in [5, 5.41) is 2.84. The molecule has 1 saturated heterocycles. The molecule has 5 heteroatoms. The van der Waals surface area contributed by atoms with Crippen molar-refractivity contribution >= 4 is 17.5 Å². The Morgan fingerprint density at radius 3 is 2.81 bits per heavy atom. The number of nitrogens with zero attached hydrogens (tertiary/aromatic N) is 2. The van der Waals surface area contributed by atoms with Gasteiger partial charge in [-0.25, -0.2) is 4.79 Å². The molecule has 1 N–H and O–H groups in total. The Morgan fingerprint density at radius 1 is 1.43 bits per heavy atom. The lowest BCUT2D eigenvalue weighted by Gasteiger charge is -2.21. The van der Waals surface area contributed by atoms with Crippen molar-refractivity contribution in [2.24, 2.45) is 5.92 Å². The van der Waals surface area contributed by atoms with E-state index in [0.717, 1.165) is 26.1 Å². The van der Waals surface area contributed by atoms with Crippen molar-refractivity contribution in [3.05, 3.63) is 29.8 Å². The molecule has 1 aliphatic rings. The van der Waals surface area contributed by atoms with Crippen molar-refractivity contribution in [1.82, 2.24) is 9.80 Å². The van der Waals surface area contributed by atoms with E-state index in [-0.39, 0.29) is 11.8 Å². The Morgan fingerprint density at radius 2 is 2.19 bits per heavy atom. The molecule has 0 saturated carbocycles. The number of rotatable bonds is 4. The van der Waals surface area contributed by atoms with Crippen LogP contribution in [0.15, 0.2) is 24.3 Å². The monoisotopic (exact) mass is 289 g/mol. The third kappa shape index (κ3) is 4.29. The van der Waals surface area contributed by atoms with Gasteiger partial charge in [0.05, 0.1) is 0 Å². The largest absolute Gasteiger partial charge is 0.327 e. The van der Waals surface area contributed by atoms with Crippen LogP contribution < -0.4 is 5.32 Å². The molecule has 1 aromatic carbocycles. The van der Waals surface area contributed by atoms with E-state index in [1.54, 1.807) is 29.2 Å². The number of hydrogen-bond acceptors (Lipinski definition) is 3. The summed E-state index contributed by atoms with van der Waals surface area (Å²) in [7, 11) is 3.91. The molecule has 1 fully saturated rings. The molecule has 0 aromatic heterocycles. The number of nitrogens with one attached hydrogen (secondary N) is 1. The predicted molar refractivity (Wildman–Crippen MR) is 83.7 cm³/mol. The first-order valence-electron chi connectivity index (χ1n) is 7.27. The number of amides is 2. The molecule has 5 nitrogen and oxygen atoms in total. The molecule has 2 amide bonds. The zero-order valence-electron chi connectivity index (χ0n) is 12.9. The lowest BCUT2D eigenvalue weighted by molar-refractivity contribution is 0.101. The summed E-state index contributed by atoms with van der Waals surface area (Å²) < 4.78 is 0. The molecule has 114 valence electrons. The van der Waals surface area contributed by atoms with Crippen LogP contribution in [0.2, 0.25) is 0 Å². The van der Waals surface area contributed by atoms with E-state index in [1.165, 1.54) is 6.92 Å².